The molecule has 1 aliphatic heterocycles. The first-order chi connectivity index (χ1) is 21.3. The number of Topliss-reactive ketones (excluding diaryl/α,β-unsaturated/α-hetero) is 1. The van der Waals surface area contributed by atoms with Gasteiger partial charge in [-0.05, 0) is 39.0 Å². The Bertz CT molecular complexity index is 904. The maximum Gasteiger partial charge on any atom is 0.332 e. The smallest absolute Gasteiger partial charge is 0.332 e. The molecule has 0 aromatic rings. The number of unbranched alkanes of at least 4 members (excludes halogenated alkanes) is 20. The molecule has 1 fully saturated rings. The molecule has 0 bridgehead atoms. The zero-order valence-electron chi connectivity index (χ0n) is 28.9. The maximum atomic E-state index is 13.7. The van der Waals surface area contributed by atoms with E-state index in [9.17, 15) is 19.5 Å². The largest absolute Gasteiger partial charge is 0.478 e. The van der Waals surface area contributed by atoms with Gasteiger partial charge in [0.25, 0.3) is 0 Å². The van der Waals surface area contributed by atoms with Crippen LogP contribution in [0.3, 0.4) is 0 Å². The lowest BCUT2D eigenvalue weighted by Crippen LogP contribution is -2.49. The van der Waals surface area contributed by atoms with Crippen molar-refractivity contribution in [3.8, 4) is 0 Å². The van der Waals surface area contributed by atoms with Crippen molar-refractivity contribution in [3.63, 3.8) is 0 Å². The predicted octanol–water partition coefficient (Wildman–Crippen LogP) is 10.9. The van der Waals surface area contributed by atoms with Gasteiger partial charge in [0.1, 0.15) is 11.9 Å². The second-order valence-electron chi connectivity index (χ2n) is 13.9. The number of ketones is 1. The van der Waals surface area contributed by atoms with Gasteiger partial charge in [-0.15, -0.1) is 0 Å². The zero-order chi connectivity index (χ0) is 32.2. The molecule has 44 heavy (non-hydrogen) atoms. The number of aliphatic carboxylic acids is 1. The first-order valence-electron chi connectivity index (χ1n) is 18.6. The summed E-state index contributed by atoms with van der Waals surface area (Å²) in [5.41, 5.74) is -0.815. The number of rotatable bonds is 26. The summed E-state index contributed by atoms with van der Waals surface area (Å²) in [4.78, 5) is 38.9. The number of carboxylic acid groups (broad SMARTS) is 1. The molecule has 1 aliphatic carbocycles. The van der Waals surface area contributed by atoms with E-state index in [1.165, 1.54) is 116 Å². The number of cyclic esters (lactones) is 1. The average molecular weight is 615 g/mol. The number of carbonyl (C=O) groups is 3. The highest BCUT2D eigenvalue weighted by atomic mass is 16.6. The van der Waals surface area contributed by atoms with E-state index in [4.69, 9.17) is 4.74 Å². The summed E-state index contributed by atoms with van der Waals surface area (Å²) in [6.07, 6.45) is 33.5. The SMILES string of the molecule is CCCCCCCCCCCCC/C=C/[C@@]12C(=O)O[C@@H](C)[C@@H]1[C@H](C(C)=O)C(C(=O)O)=CC2CCCCCCCCCCCC. The molecule has 2 aliphatic rings. The number of carbonyl (C=O) groups excluding carboxylic acids is 2. The number of carboxylic acids is 1. The molecule has 5 nitrogen and oxygen atoms in total. The van der Waals surface area contributed by atoms with Crippen LogP contribution >= 0.6 is 0 Å². The number of esters is 1. The summed E-state index contributed by atoms with van der Waals surface area (Å²) in [5, 5.41) is 10.1. The van der Waals surface area contributed by atoms with E-state index >= 15 is 0 Å². The number of allylic oxidation sites excluding steroid dienone is 2. The molecule has 5 atom stereocenters. The van der Waals surface area contributed by atoms with Crippen LogP contribution < -0.4 is 0 Å². The molecule has 5 heteroatoms. The van der Waals surface area contributed by atoms with E-state index in [1.807, 2.05) is 13.0 Å². The average Bonchev–Trinajstić information content (AvgIpc) is 3.25. The molecule has 1 unspecified atom stereocenters. The lowest BCUT2D eigenvalue weighted by atomic mass is 9.55. The van der Waals surface area contributed by atoms with Crippen LogP contribution in [0.1, 0.15) is 175 Å². The lowest BCUT2D eigenvalue weighted by Gasteiger charge is -2.43. The second-order valence-corrected chi connectivity index (χ2v) is 13.9. The lowest BCUT2D eigenvalue weighted by molar-refractivity contribution is -0.148. The molecule has 1 saturated heterocycles. The van der Waals surface area contributed by atoms with E-state index in [0.717, 1.165) is 38.5 Å². The fourth-order valence-corrected chi connectivity index (χ4v) is 7.82. The van der Waals surface area contributed by atoms with E-state index in [-0.39, 0.29) is 23.2 Å². The van der Waals surface area contributed by atoms with E-state index < -0.39 is 29.3 Å². The highest BCUT2D eigenvalue weighted by Crippen LogP contribution is 2.57. The fourth-order valence-electron chi connectivity index (χ4n) is 7.82. The first kappa shape index (κ1) is 38.3. The molecular formula is C39H66O5. The van der Waals surface area contributed by atoms with Gasteiger partial charge in [0.05, 0.1) is 11.3 Å². The Morgan fingerprint density at radius 3 is 1.68 bits per heavy atom. The molecule has 1 N–H and O–H groups in total. The maximum absolute atomic E-state index is 13.7. The summed E-state index contributed by atoms with van der Waals surface area (Å²) in [7, 11) is 0. The summed E-state index contributed by atoms with van der Waals surface area (Å²) < 4.78 is 5.85. The Morgan fingerprint density at radius 1 is 0.773 bits per heavy atom. The number of hydrogen-bond acceptors (Lipinski definition) is 4. The fraction of sp³-hybridized carbons (Fsp3) is 0.821. The van der Waals surface area contributed by atoms with Crippen LogP contribution in [0, 0.1) is 23.2 Å². The molecule has 0 saturated carbocycles. The number of hydrogen-bond donors (Lipinski definition) is 1. The molecule has 0 radical (unpaired) electrons. The Labute approximate surface area is 270 Å². The first-order valence-corrected chi connectivity index (χ1v) is 18.6. The van der Waals surface area contributed by atoms with Gasteiger partial charge in [-0.1, -0.05) is 160 Å². The van der Waals surface area contributed by atoms with Crippen molar-refractivity contribution in [2.24, 2.45) is 23.2 Å². The van der Waals surface area contributed by atoms with Gasteiger partial charge in [-0.25, -0.2) is 4.79 Å². The van der Waals surface area contributed by atoms with Crippen molar-refractivity contribution in [1.82, 2.24) is 0 Å². The molecule has 0 amide bonds. The third-order valence-corrected chi connectivity index (χ3v) is 10.3. The van der Waals surface area contributed by atoms with Crippen LogP contribution in [0.2, 0.25) is 0 Å². The van der Waals surface area contributed by atoms with Crippen LogP contribution in [-0.2, 0) is 19.1 Å². The van der Waals surface area contributed by atoms with Gasteiger partial charge in [0.2, 0.25) is 0 Å². The minimum Gasteiger partial charge on any atom is -0.478 e. The third kappa shape index (κ3) is 11.8. The van der Waals surface area contributed by atoms with Crippen molar-refractivity contribution >= 4 is 17.7 Å². The Balaban J connectivity index is 1.99. The van der Waals surface area contributed by atoms with Gasteiger partial charge in [0.15, 0.2) is 0 Å². The van der Waals surface area contributed by atoms with Gasteiger partial charge in [-0.2, -0.15) is 0 Å². The third-order valence-electron chi connectivity index (χ3n) is 10.3. The van der Waals surface area contributed by atoms with Gasteiger partial charge < -0.3 is 9.84 Å². The monoisotopic (exact) mass is 614 g/mol. The normalized spacial score (nSPS) is 24.8. The Hall–Kier alpha value is -1.91. The van der Waals surface area contributed by atoms with Crippen LogP contribution in [0.5, 0.6) is 0 Å². The van der Waals surface area contributed by atoms with Gasteiger partial charge >= 0.3 is 11.9 Å². The van der Waals surface area contributed by atoms with Gasteiger partial charge in [0, 0.05) is 11.5 Å². The number of fused-ring (bicyclic) bond motifs is 1. The van der Waals surface area contributed by atoms with Gasteiger partial charge in [-0.3, -0.25) is 9.59 Å². The van der Waals surface area contributed by atoms with E-state index in [0.29, 0.717) is 0 Å². The molecule has 1 heterocycles. The molecule has 0 spiro atoms. The van der Waals surface area contributed by atoms with Crippen molar-refractivity contribution in [2.75, 3.05) is 0 Å². The Kier molecular flexibility index (Phi) is 18.9. The van der Waals surface area contributed by atoms with Crippen LogP contribution in [-0.4, -0.2) is 28.9 Å². The molecule has 0 aromatic carbocycles. The summed E-state index contributed by atoms with van der Waals surface area (Å²) in [6.45, 7) is 7.79. The second kappa shape index (κ2) is 21.8. The molecule has 2 rings (SSSR count). The van der Waals surface area contributed by atoms with Crippen LogP contribution in [0.25, 0.3) is 0 Å². The summed E-state index contributed by atoms with van der Waals surface area (Å²) in [5.74, 6) is -3.11. The quantitative estimate of drug-likeness (QED) is 0.0595. The minimum absolute atomic E-state index is 0.152. The van der Waals surface area contributed by atoms with Crippen molar-refractivity contribution in [1.29, 1.82) is 0 Å². The highest BCUT2D eigenvalue weighted by Gasteiger charge is 2.64. The standard InChI is InChI=1S/C39H66O5/c1-5-7-9-11-13-15-17-18-19-21-23-25-27-29-39-33(28-26-24-22-20-16-14-12-10-8-6-2)30-34(37(41)42)35(31(3)40)36(39)32(4)44-38(39)43/h27,29-30,32-33,35-36H,5-26,28H2,1-4H3,(H,41,42)/b29-27+/t32-,33?,35+,36+,39-/m0/s1. The predicted molar refractivity (Wildman–Crippen MR) is 182 cm³/mol. The van der Waals surface area contributed by atoms with Crippen molar-refractivity contribution in [3.05, 3.63) is 23.8 Å². The molecular weight excluding hydrogens is 548 g/mol. The molecule has 0 aromatic heterocycles. The van der Waals surface area contributed by atoms with Crippen LogP contribution in [0.4, 0.5) is 0 Å². The van der Waals surface area contributed by atoms with Crippen molar-refractivity contribution < 1.29 is 24.2 Å². The van der Waals surface area contributed by atoms with E-state index in [1.54, 1.807) is 6.08 Å². The van der Waals surface area contributed by atoms with Crippen molar-refractivity contribution in [2.45, 2.75) is 181 Å². The zero-order valence-corrected chi connectivity index (χ0v) is 28.9. The number of ether oxygens (including phenoxy) is 1. The molecule has 252 valence electrons. The highest BCUT2D eigenvalue weighted by molar-refractivity contribution is 5.98. The minimum atomic E-state index is -1.05. The topological polar surface area (TPSA) is 80.7 Å². The van der Waals surface area contributed by atoms with Crippen LogP contribution in [0.15, 0.2) is 23.8 Å². The van der Waals surface area contributed by atoms with E-state index in [2.05, 4.69) is 19.9 Å². The Morgan fingerprint density at radius 2 is 1.23 bits per heavy atom. The summed E-state index contributed by atoms with van der Waals surface area (Å²) >= 11 is 0. The summed E-state index contributed by atoms with van der Waals surface area (Å²) in [6, 6.07) is 0.